The van der Waals surface area contributed by atoms with E-state index in [2.05, 4.69) is 0 Å². The molecule has 2 aromatic carbocycles. The first-order valence-electron chi connectivity index (χ1n) is 7.52. The lowest BCUT2D eigenvalue weighted by Crippen LogP contribution is -2.14. The fourth-order valence-electron chi connectivity index (χ4n) is 2.56. The van der Waals surface area contributed by atoms with Crippen LogP contribution in [0, 0.1) is 12.7 Å². The number of hydrogen-bond donors (Lipinski definition) is 0. The van der Waals surface area contributed by atoms with Crippen molar-refractivity contribution >= 4 is 17.8 Å². The molecule has 1 heterocycles. The van der Waals surface area contributed by atoms with Gasteiger partial charge in [-0.15, -0.1) is 0 Å². The predicted octanol–water partition coefficient (Wildman–Crippen LogP) is 3.30. The highest BCUT2D eigenvalue weighted by Crippen LogP contribution is 2.37. The second-order valence-corrected chi connectivity index (χ2v) is 5.52. The normalized spacial score (nSPS) is 14.4. The molecule has 0 fully saturated rings. The van der Waals surface area contributed by atoms with Gasteiger partial charge in [0.05, 0.1) is 5.56 Å². The molecule has 0 N–H and O–H groups in total. The predicted molar refractivity (Wildman–Crippen MR) is 88.0 cm³/mol. The standard InChI is InChI=1S/C19H15FO5/c1-11-6-14(24-17(21)10-23-2)9-15-18(11)19(22)16(25-15)8-12-4-3-5-13(20)7-12/h3-9H,10H2,1-2H3/b16-8-. The van der Waals surface area contributed by atoms with Gasteiger partial charge in [0, 0.05) is 13.2 Å². The van der Waals surface area contributed by atoms with E-state index in [1.165, 1.54) is 31.4 Å². The van der Waals surface area contributed by atoms with E-state index in [0.29, 0.717) is 22.4 Å². The molecule has 2 aromatic rings. The lowest BCUT2D eigenvalue weighted by atomic mass is 10.0. The van der Waals surface area contributed by atoms with Crippen molar-refractivity contribution in [3.05, 3.63) is 64.7 Å². The molecule has 0 unspecified atom stereocenters. The fourth-order valence-corrected chi connectivity index (χ4v) is 2.56. The third kappa shape index (κ3) is 3.59. The third-order valence-electron chi connectivity index (χ3n) is 3.58. The van der Waals surface area contributed by atoms with Crippen molar-refractivity contribution in [2.45, 2.75) is 6.92 Å². The Morgan fingerprint density at radius 2 is 2.08 bits per heavy atom. The molecule has 128 valence electrons. The second-order valence-electron chi connectivity index (χ2n) is 5.52. The highest BCUT2D eigenvalue weighted by atomic mass is 19.1. The molecule has 0 radical (unpaired) electrons. The summed E-state index contributed by atoms with van der Waals surface area (Å²) in [7, 11) is 1.39. The number of hydrogen-bond acceptors (Lipinski definition) is 5. The number of ether oxygens (including phenoxy) is 3. The largest absolute Gasteiger partial charge is 0.452 e. The Morgan fingerprint density at radius 3 is 2.80 bits per heavy atom. The Labute approximate surface area is 143 Å². The number of fused-ring (bicyclic) bond motifs is 1. The van der Waals surface area contributed by atoms with Gasteiger partial charge in [0.15, 0.2) is 5.76 Å². The number of carbonyl (C=O) groups excluding carboxylic acids is 2. The van der Waals surface area contributed by atoms with Crippen molar-refractivity contribution in [2.24, 2.45) is 0 Å². The number of aryl methyl sites for hydroxylation is 1. The summed E-state index contributed by atoms with van der Waals surface area (Å²) in [6, 6.07) is 8.89. The molecule has 1 aliphatic heterocycles. The summed E-state index contributed by atoms with van der Waals surface area (Å²) in [5.74, 6) is -0.607. The number of allylic oxidation sites excluding steroid dienone is 1. The van der Waals surface area contributed by atoms with Crippen LogP contribution < -0.4 is 9.47 Å². The summed E-state index contributed by atoms with van der Waals surface area (Å²) in [5, 5.41) is 0. The molecule has 0 spiro atoms. The number of benzene rings is 2. The van der Waals surface area contributed by atoms with Crippen LogP contribution in [0.15, 0.2) is 42.2 Å². The minimum Gasteiger partial charge on any atom is -0.452 e. The maximum Gasteiger partial charge on any atom is 0.337 e. The van der Waals surface area contributed by atoms with Gasteiger partial charge >= 0.3 is 5.97 Å². The van der Waals surface area contributed by atoms with Gasteiger partial charge in [-0.1, -0.05) is 12.1 Å². The first kappa shape index (κ1) is 16.9. The summed E-state index contributed by atoms with van der Waals surface area (Å²) in [4.78, 5) is 24.1. The van der Waals surface area contributed by atoms with Crippen LogP contribution in [0.1, 0.15) is 21.5 Å². The van der Waals surface area contributed by atoms with Crippen molar-refractivity contribution in [3.8, 4) is 11.5 Å². The fraction of sp³-hybridized carbons (Fsp3) is 0.158. The van der Waals surface area contributed by atoms with Crippen molar-refractivity contribution in [1.82, 2.24) is 0 Å². The van der Waals surface area contributed by atoms with Crippen LogP contribution in [0.3, 0.4) is 0 Å². The molecule has 3 rings (SSSR count). The van der Waals surface area contributed by atoms with Crippen molar-refractivity contribution in [1.29, 1.82) is 0 Å². The molecule has 0 aliphatic carbocycles. The van der Waals surface area contributed by atoms with Crippen LogP contribution in [-0.4, -0.2) is 25.5 Å². The van der Waals surface area contributed by atoms with E-state index >= 15 is 0 Å². The Balaban J connectivity index is 1.90. The molecule has 0 saturated carbocycles. The number of ketones is 1. The molecule has 0 aromatic heterocycles. The Bertz CT molecular complexity index is 885. The van der Waals surface area contributed by atoms with Gasteiger partial charge in [0.2, 0.25) is 5.78 Å². The van der Waals surface area contributed by atoms with E-state index in [1.54, 1.807) is 25.1 Å². The van der Waals surface area contributed by atoms with Crippen LogP contribution in [0.4, 0.5) is 4.39 Å². The molecule has 0 atom stereocenters. The summed E-state index contributed by atoms with van der Waals surface area (Å²) in [5.41, 5.74) is 1.53. The van der Waals surface area contributed by atoms with Gasteiger partial charge in [-0.05, 0) is 42.3 Å². The van der Waals surface area contributed by atoms with Gasteiger partial charge in [-0.25, -0.2) is 9.18 Å². The van der Waals surface area contributed by atoms with E-state index in [0.717, 1.165) is 0 Å². The number of methoxy groups -OCH3 is 1. The topological polar surface area (TPSA) is 61.8 Å². The first-order valence-corrected chi connectivity index (χ1v) is 7.52. The lowest BCUT2D eigenvalue weighted by molar-refractivity contribution is -0.138. The lowest BCUT2D eigenvalue weighted by Gasteiger charge is -2.07. The van der Waals surface area contributed by atoms with Gasteiger partial charge in [-0.2, -0.15) is 0 Å². The average Bonchev–Trinajstić information content (AvgIpc) is 2.84. The van der Waals surface area contributed by atoms with E-state index in [4.69, 9.17) is 14.2 Å². The summed E-state index contributed by atoms with van der Waals surface area (Å²) in [6.07, 6.45) is 1.47. The van der Waals surface area contributed by atoms with E-state index in [-0.39, 0.29) is 23.9 Å². The van der Waals surface area contributed by atoms with Gasteiger partial charge in [0.1, 0.15) is 23.9 Å². The minimum atomic E-state index is -0.554. The zero-order valence-electron chi connectivity index (χ0n) is 13.7. The highest BCUT2D eigenvalue weighted by Gasteiger charge is 2.30. The number of carbonyl (C=O) groups is 2. The Kier molecular flexibility index (Phi) is 4.63. The second kappa shape index (κ2) is 6.86. The molecule has 0 saturated heterocycles. The Morgan fingerprint density at radius 1 is 1.28 bits per heavy atom. The molecule has 6 heteroatoms. The summed E-state index contributed by atoms with van der Waals surface area (Å²) in [6.45, 7) is 1.54. The Hall–Kier alpha value is -2.99. The molecular formula is C19H15FO5. The summed E-state index contributed by atoms with van der Waals surface area (Å²) >= 11 is 0. The molecule has 0 bridgehead atoms. The van der Waals surface area contributed by atoms with Crippen molar-refractivity contribution in [2.75, 3.05) is 13.7 Å². The van der Waals surface area contributed by atoms with Gasteiger partial charge < -0.3 is 14.2 Å². The van der Waals surface area contributed by atoms with Crippen LogP contribution in [-0.2, 0) is 9.53 Å². The number of Topliss-reactive ketones (excluding diaryl/α,β-unsaturated/α-hetero) is 1. The first-order chi connectivity index (χ1) is 12.0. The van der Waals surface area contributed by atoms with E-state index in [9.17, 15) is 14.0 Å². The number of esters is 1. The van der Waals surface area contributed by atoms with Crippen LogP contribution in [0.5, 0.6) is 11.5 Å². The number of halogens is 1. The van der Waals surface area contributed by atoms with E-state index < -0.39 is 11.8 Å². The smallest absolute Gasteiger partial charge is 0.337 e. The van der Waals surface area contributed by atoms with E-state index in [1.807, 2.05) is 0 Å². The highest BCUT2D eigenvalue weighted by molar-refractivity contribution is 6.15. The maximum atomic E-state index is 13.3. The molecule has 25 heavy (non-hydrogen) atoms. The minimum absolute atomic E-state index is 0.0871. The van der Waals surface area contributed by atoms with Crippen LogP contribution in [0.25, 0.3) is 6.08 Å². The average molecular weight is 342 g/mol. The monoisotopic (exact) mass is 342 g/mol. The molecule has 0 amide bonds. The van der Waals surface area contributed by atoms with Gasteiger partial charge in [0.25, 0.3) is 0 Å². The molecular weight excluding hydrogens is 327 g/mol. The maximum absolute atomic E-state index is 13.3. The van der Waals surface area contributed by atoms with Gasteiger partial charge in [-0.3, -0.25) is 4.79 Å². The van der Waals surface area contributed by atoms with Crippen LogP contribution >= 0.6 is 0 Å². The van der Waals surface area contributed by atoms with Crippen molar-refractivity contribution in [3.63, 3.8) is 0 Å². The quantitative estimate of drug-likeness (QED) is 0.485. The number of rotatable bonds is 4. The summed E-state index contributed by atoms with van der Waals surface area (Å²) < 4.78 is 28.7. The zero-order valence-corrected chi connectivity index (χ0v) is 13.7. The molecule has 5 nitrogen and oxygen atoms in total. The third-order valence-corrected chi connectivity index (χ3v) is 3.58. The zero-order chi connectivity index (χ0) is 18.0. The van der Waals surface area contributed by atoms with Crippen LogP contribution in [0.2, 0.25) is 0 Å². The molecule has 1 aliphatic rings. The SMILES string of the molecule is COCC(=O)Oc1cc(C)c2c(c1)O/C(=C\c1cccc(F)c1)C2=O. The van der Waals surface area contributed by atoms with Crippen molar-refractivity contribution < 1.29 is 28.2 Å².